The number of halogens is 1. The zero-order valence-corrected chi connectivity index (χ0v) is 19.0. The number of aryl methyl sites for hydroxylation is 1. The Labute approximate surface area is 186 Å². The van der Waals surface area contributed by atoms with Crippen molar-refractivity contribution in [2.75, 3.05) is 12.3 Å². The van der Waals surface area contributed by atoms with Crippen molar-refractivity contribution >= 4 is 39.4 Å². The molecular formula is C22H24ClNO4S2. The average Bonchev–Trinajstić information content (AvgIpc) is 2.72. The second kappa shape index (κ2) is 9.56. The molecule has 0 saturated carbocycles. The lowest BCUT2D eigenvalue weighted by atomic mass is 9.90. The first kappa shape index (κ1) is 22.9. The average molecular weight is 466 g/mol. The van der Waals surface area contributed by atoms with Crippen LogP contribution in [0.15, 0.2) is 66.1 Å². The molecule has 3 atom stereocenters. The minimum Gasteiger partial charge on any atom is -0.481 e. The SMILES string of the molecule is C=CCS[C@@H]1C[C@@H](c2ccc(Cl)cc2)N(S(=O)(=O)c2ccc(C)cc2)C[C@H]1C(=O)O. The number of hydrogen-bond donors (Lipinski definition) is 1. The van der Waals surface area contributed by atoms with Gasteiger partial charge in [0, 0.05) is 22.6 Å². The van der Waals surface area contributed by atoms with Crippen LogP contribution in [0.5, 0.6) is 0 Å². The zero-order chi connectivity index (χ0) is 21.9. The summed E-state index contributed by atoms with van der Waals surface area (Å²) in [5.74, 6) is -1.19. The normalized spacial score (nSPS) is 22.5. The Morgan fingerprint density at radius 2 is 1.87 bits per heavy atom. The Kier molecular flexibility index (Phi) is 7.29. The number of nitrogens with zero attached hydrogens (tertiary/aromatic N) is 1. The van der Waals surface area contributed by atoms with Gasteiger partial charge >= 0.3 is 5.97 Å². The minimum absolute atomic E-state index is 0.0896. The Bertz CT molecular complexity index is 1010. The number of piperidine rings is 1. The molecule has 3 rings (SSSR count). The van der Waals surface area contributed by atoms with Crippen LogP contribution in [0.2, 0.25) is 5.02 Å². The lowest BCUT2D eigenvalue weighted by Crippen LogP contribution is -2.49. The molecule has 0 spiro atoms. The molecule has 8 heteroatoms. The van der Waals surface area contributed by atoms with Crippen molar-refractivity contribution in [3.05, 3.63) is 77.3 Å². The van der Waals surface area contributed by atoms with E-state index < -0.39 is 28.0 Å². The molecule has 0 amide bonds. The van der Waals surface area contributed by atoms with Gasteiger partial charge in [-0.2, -0.15) is 16.1 Å². The standard InChI is InChI=1S/C22H24ClNO4S2/c1-3-12-29-21-13-20(16-6-8-17(23)9-7-16)24(14-19(21)22(25)26)30(27,28)18-10-4-15(2)5-11-18/h3-11,19-21H,1,12-14H2,2H3,(H,25,26)/t19-,20+,21-/m1/s1. The number of aliphatic carboxylic acids is 1. The fourth-order valence-corrected chi connectivity index (χ4v) is 6.56. The van der Waals surface area contributed by atoms with Crippen LogP contribution in [0.3, 0.4) is 0 Å². The number of benzene rings is 2. The number of thioether (sulfide) groups is 1. The van der Waals surface area contributed by atoms with Gasteiger partial charge < -0.3 is 5.11 Å². The maximum Gasteiger partial charge on any atom is 0.308 e. The lowest BCUT2D eigenvalue weighted by molar-refractivity contribution is -0.143. The van der Waals surface area contributed by atoms with Crippen LogP contribution in [0.1, 0.15) is 23.6 Å². The fourth-order valence-electron chi connectivity index (χ4n) is 3.65. The summed E-state index contributed by atoms with van der Waals surface area (Å²) in [6.07, 6.45) is 2.12. The molecule has 5 nitrogen and oxygen atoms in total. The molecule has 1 fully saturated rings. The van der Waals surface area contributed by atoms with Crippen molar-refractivity contribution in [1.29, 1.82) is 0 Å². The summed E-state index contributed by atoms with van der Waals surface area (Å²) in [7, 11) is -3.89. The topological polar surface area (TPSA) is 74.7 Å². The highest BCUT2D eigenvalue weighted by Crippen LogP contribution is 2.42. The zero-order valence-electron chi connectivity index (χ0n) is 16.6. The molecule has 1 heterocycles. The van der Waals surface area contributed by atoms with Crippen LogP contribution >= 0.6 is 23.4 Å². The number of hydrogen-bond acceptors (Lipinski definition) is 4. The van der Waals surface area contributed by atoms with Crippen LogP contribution in [-0.2, 0) is 14.8 Å². The maximum atomic E-state index is 13.5. The summed E-state index contributed by atoms with van der Waals surface area (Å²) >= 11 is 7.52. The smallest absolute Gasteiger partial charge is 0.308 e. The van der Waals surface area contributed by atoms with Gasteiger partial charge in [0.2, 0.25) is 10.0 Å². The molecule has 2 aromatic carbocycles. The van der Waals surface area contributed by atoms with Crippen LogP contribution in [0.4, 0.5) is 0 Å². The third kappa shape index (κ3) is 4.91. The van der Waals surface area contributed by atoms with E-state index in [-0.39, 0.29) is 16.7 Å². The van der Waals surface area contributed by atoms with E-state index in [1.165, 1.54) is 16.1 Å². The van der Waals surface area contributed by atoms with Gasteiger partial charge in [-0.05, 0) is 43.2 Å². The number of carboxylic acid groups (broad SMARTS) is 1. The van der Waals surface area contributed by atoms with E-state index in [0.29, 0.717) is 17.2 Å². The van der Waals surface area contributed by atoms with Crippen molar-refractivity contribution < 1.29 is 18.3 Å². The summed E-state index contributed by atoms with van der Waals surface area (Å²) in [6.45, 7) is 5.51. The molecule has 1 N–H and O–H groups in total. The molecule has 0 bridgehead atoms. The molecule has 1 saturated heterocycles. The quantitative estimate of drug-likeness (QED) is 0.596. The molecule has 0 radical (unpaired) electrons. The van der Waals surface area contributed by atoms with Crippen molar-refractivity contribution in [1.82, 2.24) is 4.31 Å². The number of carboxylic acids is 1. The van der Waals surface area contributed by atoms with E-state index in [1.807, 2.05) is 6.92 Å². The van der Waals surface area contributed by atoms with Gasteiger partial charge in [-0.1, -0.05) is 47.5 Å². The van der Waals surface area contributed by atoms with Gasteiger partial charge in [-0.25, -0.2) is 8.42 Å². The van der Waals surface area contributed by atoms with Crippen molar-refractivity contribution in [2.24, 2.45) is 5.92 Å². The van der Waals surface area contributed by atoms with Gasteiger partial charge in [0.05, 0.1) is 16.9 Å². The Morgan fingerprint density at radius 3 is 2.43 bits per heavy atom. The number of rotatable bonds is 7. The first-order valence-electron chi connectivity index (χ1n) is 9.53. The molecule has 0 unspecified atom stereocenters. The molecule has 2 aromatic rings. The highest BCUT2D eigenvalue weighted by Gasteiger charge is 2.45. The molecule has 0 aliphatic carbocycles. The lowest BCUT2D eigenvalue weighted by Gasteiger charge is -2.41. The van der Waals surface area contributed by atoms with Gasteiger partial charge in [-0.15, -0.1) is 6.58 Å². The third-order valence-corrected chi connectivity index (χ3v) is 8.77. The van der Waals surface area contributed by atoms with Crippen LogP contribution < -0.4 is 0 Å². The summed E-state index contributed by atoms with van der Waals surface area (Å²) < 4.78 is 28.4. The molecule has 160 valence electrons. The largest absolute Gasteiger partial charge is 0.481 e. The van der Waals surface area contributed by atoms with Crippen LogP contribution in [0, 0.1) is 12.8 Å². The minimum atomic E-state index is -3.89. The summed E-state index contributed by atoms with van der Waals surface area (Å²) in [5.41, 5.74) is 1.74. The summed E-state index contributed by atoms with van der Waals surface area (Å²) in [6, 6.07) is 13.2. The first-order chi connectivity index (χ1) is 14.2. The number of carbonyl (C=O) groups is 1. The van der Waals surface area contributed by atoms with Crippen LogP contribution in [0.25, 0.3) is 0 Å². The Morgan fingerprint density at radius 1 is 1.23 bits per heavy atom. The second-order valence-electron chi connectivity index (χ2n) is 7.30. The van der Waals surface area contributed by atoms with Crippen molar-refractivity contribution in [3.63, 3.8) is 0 Å². The van der Waals surface area contributed by atoms with Crippen LogP contribution in [-0.4, -0.2) is 41.3 Å². The molecular weight excluding hydrogens is 442 g/mol. The predicted octanol–water partition coefficient (Wildman–Crippen LogP) is 4.77. The van der Waals surface area contributed by atoms with E-state index in [4.69, 9.17) is 11.6 Å². The highest BCUT2D eigenvalue weighted by molar-refractivity contribution is 8.00. The monoisotopic (exact) mass is 465 g/mol. The van der Waals surface area contributed by atoms with Crippen molar-refractivity contribution in [2.45, 2.75) is 29.5 Å². The predicted molar refractivity (Wildman–Crippen MR) is 121 cm³/mol. The third-order valence-electron chi connectivity index (χ3n) is 5.26. The second-order valence-corrected chi connectivity index (χ2v) is 10.9. The maximum absolute atomic E-state index is 13.5. The molecule has 0 aromatic heterocycles. The van der Waals surface area contributed by atoms with Gasteiger partial charge in [0.25, 0.3) is 0 Å². The van der Waals surface area contributed by atoms with Gasteiger partial charge in [-0.3, -0.25) is 4.79 Å². The number of sulfonamides is 1. The first-order valence-corrected chi connectivity index (χ1v) is 12.4. The van der Waals surface area contributed by atoms with E-state index in [1.54, 1.807) is 54.6 Å². The molecule has 1 aliphatic rings. The van der Waals surface area contributed by atoms with E-state index in [0.717, 1.165) is 11.1 Å². The van der Waals surface area contributed by atoms with E-state index >= 15 is 0 Å². The summed E-state index contributed by atoms with van der Waals surface area (Å²) in [5, 5.41) is 10.1. The Balaban J connectivity index is 2.05. The van der Waals surface area contributed by atoms with Gasteiger partial charge in [0.15, 0.2) is 0 Å². The summed E-state index contributed by atoms with van der Waals surface area (Å²) in [4.78, 5) is 12.2. The fraction of sp³-hybridized carbons (Fsp3) is 0.318. The van der Waals surface area contributed by atoms with Crippen molar-refractivity contribution in [3.8, 4) is 0 Å². The van der Waals surface area contributed by atoms with E-state index in [2.05, 4.69) is 6.58 Å². The van der Waals surface area contributed by atoms with Gasteiger partial charge in [0.1, 0.15) is 0 Å². The highest BCUT2D eigenvalue weighted by atomic mass is 35.5. The molecule has 30 heavy (non-hydrogen) atoms. The molecule has 1 aliphatic heterocycles. The van der Waals surface area contributed by atoms with E-state index in [9.17, 15) is 18.3 Å². The Hall–Kier alpha value is -1.80.